The molecule has 4 heteroatoms. The Kier molecular flexibility index (Phi) is 5.07. The number of hydrogen-bond donors (Lipinski definition) is 1. The minimum atomic E-state index is -0.243. The Morgan fingerprint density at radius 1 is 1.30 bits per heavy atom. The van der Waals surface area contributed by atoms with E-state index in [1.807, 2.05) is 19.1 Å². The van der Waals surface area contributed by atoms with Crippen LogP contribution >= 0.6 is 0 Å². The van der Waals surface area contributed by atoms with E-state index in [-0.39, 0.29) is 11.9 Å². The fraction of sp³-hybridized carbons (Fsp3) is 0.312. The Hall–Kier alpha value is -1.94. The lowest BCUT2D eigenvalue weighted by Gasteiger charge is -2.13. The summed E-state index contributed by atoms with van der Waals surface area (Å²) in [5, 5.41) is 0. The first kappa shape index (κ1) is 14.5. The molecule has 20 heavy (non-hydrogen) atoms. The number of rotatable bonds is 6. The molecule has 1 atom stereocenters. The van der Waals surface area contributed by atoms with Crippen molar-refractivity contribution in [3.8, 4) is 5.75 Å². The average molecular weight is 274 g/mol. The summed E-state index contributed by atoms with van der Waals surface area (Å²) in [6.45, 7) is 2.71. The van der Waals surface area contributed by atoms with E-state index in [0.29, 0.717) is 13.0 Å². The summed E-state index contributed by atoms with van der Waals surface area (Å²) in [5.74, 6) is 0.479. The van der Waals surface area contributed by atoms with Crippen LogP contribution < -0.4 is 10.5 Å². The molecule has 3 nitrogen and oxygen atoms in total. The van der Waals surface area contributed by atoms with E-state index in [9.17, 15) is 4.39 Å². The third-order valence-electron chi connectivity index (χ3n) is 2.98. The van der Waals surface area contributed by atoms with Crippen LogP contribution in [-0.2, 0) is 6.42 Å². The van der Waals surface area contributed by atoms with Gasteiger partial charge < -0.3 is 10.5 Å². The molecule has 0 saturated carbocycles. The summed E-state index contributed by atoms with van der Waals surface area (Å²) in [5.41, 5.74) is 7.92. The van der Waals surface area contributed by atoms with Gasteiger partial charge in [-0.15, -0.1) is 0 Å². The molecule has 1 heterocycles. The highest BCUT2D eigenvalue weighted by molar-refractivity contribution is 5.28. The third-order valence-corrected chi connectivity index (χ3v) is 2.98. The summed E-state index contributed by atoms with van der Waals surface area (Å²) in [4.78, 5) is 4.14. The van der Waals surface area contributed by atoms with Crippen LogP contribution in [0.5, 0.6) is 5.75 Å². The number of benzene rings is 1. The second-order valence-corrected chi connectivity index (χ2v) is 4.74. The van der Waals surface area contributed by atoms with Crippen LogP contribution in [0.2, 0.25) is 0 Å². The van der Waals surface area contributed by atoms with Gasteiger partial charge >= 0.3 is 0 Å². The van der Waals surface area contributed by atoms with E-state index in [1.165, 1.54) is 12.1 Å². The molecule has 1 aromatic carbocycles. The lowest BCUT2D eigenvalue weighted by molar-refractivity contribution is 0.315. The van der Waals surface area contributed by atoms with Crippen molar-refractivity contribution in [1.29, 1.82) is 0 Å². The van der Waals surface area contributed by atoms with Gasteiger partial charge in [-0.05, 0) is 42.2 Å². The molecule has 1 aromatic heterocycles. The second kappa shape index (κ2) is 7.01. The van der Waals surface area contributed by atoms with Crippen molar-refractivity contribution in [3.05, 3.63) is 59.7 Å². The predicted molar refractivity (Wildman–Crippen MR) is 77.1 cm³/mol. The van der Waals surface area contributed by atoms with Gasteiger partial charge in [0.15, 0.2) is 0 Å². The summed E-state index contributed by atoms with van der Waals surface area (Å²) < 4.78 is 18.7. The number of ether oxygens (including phenoxy) is 1. The van der Waals surface area contributed by atoms with Crippen LogP contribution in [0, 0.1) is 5.82 Å². The topological polar surface area (TPSA) is 48.1 Å². The molecule has 2 N–H and O–H groups in total. The molecule has 0 saturated heterocycles. The minimum Gasteiger partial charge on any atom is -0.492 e. The number of halogens is 1. The summed E-state index contributed by atoms with van der Waals surface area (Å²) >= 11 is 0. The van der Waals surface area contributed by atoms with E-state index in [2.05, 4.69) is 4.98 Å². The average Bonchev–Trinajstić information content (AvgIpc) is 2.45. The van der Waals surface area contributed by atoms with Crippen LogP contribution in [0.4, 0.5) is 4.39 Å². The summed E-state index contributed by atoms with van der Waals surface area (Å²) in [6.07, 6.45) is 4.91. The molecule has 0 bridgehead atoms. The molecule has 0 fully saturated rings. The Morgan fingerprint density at radius 2 is 2.15 bits per heavy atom. The highest BCUT2D eigenvalue weighted by Crippen LogP contribution is 2.20. The van der Waals surface area contributed by atoms with Gasteiger partial charge in [-0.1, -0.05) is 19.1 Å². The van der Waals surface area contributed by atoms with Gasteiger partial charge in [0.2, 0.25) is 0 Å². The molecule has 0 radical (unpaired) electrons. The maximum absolute atomic E-state index is 13.2. The van der Waals surface area contributed by atoms with Crippen LogP contribution in [0.3, 0.4) is 0 Å². The second-order valence-electron chi connectivity index (χ2n) is 4.74. The quantitative estimate of drug-likeness (QED) is 0.879. The van der Waals surface area contributed by atoms with Crippen molar-refractivity contribution < 1.29 is 9.13 Å². The first-order valence-electron chi connectivity index (χ1n) is 6.77. The van der Waals surface area contributed by atoms with Gasteiger partial charge in [0.25, 0.3) is 0 Å². The van der Waals surface area contributed by atoms with Gasteiger partial charge in [-0.3, -0.25) is 4.98 Å². The highest BCUT2D eigenvalue weighted by atomic mass is 19.1. The Balaban J connectivity index is 2.06. The first-order valence-corrected chi connectivity index (χ1v) is 6.77. The Labute approximate surface area is 118 Å². The van der Waals surface area contributed by atoms with Crippen molar-refractivity contribution in [2.45, 2.75) is 25.8 Å². The molecular weight excluding hydrogens is 255 g/mol. The molecule has 0 amide bonds. The Bertz CT molecular complexity index is 560. The zero-order valence-electron chi connectivity index (χ0n) is 11.6. The van der Waals surface area contributed by atoms with Crippen LogP contribution in [0.15, 0.2) is 42.7 Å². The molecule has 0 aliphatic heterocycles. The van der Waals surface area contributed by atoms with Gasteiger partial charge in [-0.2, -0.15) is 0 Å². The third kappa shape index (κ3) is 4.03. The minimum absolute atomic E-state index is 0.227. The number of aromatic nitrogens is 1. The van der Waals surface area contributed by atoms with Gasteiger partial charge in [0.05, 0.1) is 12.8 Å². The Morgan fingerprint density at radius 3 is 2.90 bits per heavy atom. The maximum atomic E-state index is 13.2. The van der Waals surface area contributed by atoms with E-state index in [1.54, 1.807) is 18.5 Å². The standard InChI is InChI=1S/C16H19FN2O/c1-2-6-20-15-9-13(10-19-11-15)16(18)8-12-4-3-5-14(17)7-12/h3-5,7,9-11,16H,2,6,8,18H2,1H3. The zero-order chi connectivity index (χ0) is 14.4. The van der Waals surface area contributed by atoms with E-state index < -0.39 is 0 Å². The normalized spacial score (nSPS) is 12.2. The largest absolute Gasteiger partial charge is 0.492 e. The van der Waals surface area contributed by atoms with Crippen molar-refractivity contribution in [2.75, 3.05) is 6.61 Å². The predicted octanol–water partition coefficient (Wildman–Crippen LogP) is 3.25. The van der Waals surface area contributed by atoms with Crippen LogP contribution in [-0.4, -0.2) is 11.6 Å². The van der Waals surface area contributed by atoms with E-state index in [4.69, 9.17) is 10.5 Å². The highest BCUT2D eigenvalue weighted by Gasteiger charge is 2.09. The molecule has 2 aromatic rings. The fourth-order valence-corrected chi connectivity index (χ4v) is 1.97. The lowest BCUT2D eigenvalue weighted by Crippen LogP contribution is -2.14. The number of hydrogen-bond acceptors (Lipinski definition) is 3. The number of nitrogens with two attached hydrogens (primary N) is 1. The van der Waals surface area contributed by atoms with Crippen molar-refractivity contribution in [1.82, 2.24) is 4.98 Å². The number of pyridine rings is 1. The monoisotopic (exact) mass is 274 g/mol. The lowest BCUT2D eigenvalue weighted by atomic mass is 10.0. The van der Waals surface area contributed by atoms with Crippen molar-refractivity contribution in [2.24, 2.45) is 5.73 Å². The molecule has 0 aliphatic rings. The summed E-state index contributed by atoms with van der Waals surface area (Å²) in [6, 6.07) is 8.16. The van der Waals surface area contributed by atoms with Crippen LogP contribution in [0.1, 0.15) is 30.5 Å². The molecule has 106 valence electrons. The number of nitrogens with zero attached hydrogens (tertiary/aromatic N) is 1. The molecule has 1 unspecified atom stereocenters. The van der Waals surface area contributed by atoms with Gasteiger partial charge in [0, 0.05) is 12.2 Å². The smallest absolute Gasteiger partial charge is 0.137 e. The van der Waals surface area contributed by atoms with Crippen molar-refractivity contribution >= 4 is 0 Å². The van der Waals surface area contributed by atoms with Gasteiger partial charge in [0.1, 0.15) is 11.6 Å². The molecule has 2 rings (SSSR count). The van der Waals surface area contributed by atoms with E-state index >= 15 is 0 Å². The first-order chi connectivity index (χ1) is 9.69. The van der Waals surface area contributed by atoms with Gasteiger partial charge in [-0.25, -0.2) is 4.39 Å². The SMILES string of the molecule is CCCOc1cncc(C(N)Cc2cccc(F)c2)c1. The maximum Gasteiger partial charge on any atom is 0.137 e. The summed E-state index contributed by atoms with van der Waals surface area (Å²) in [7, 11) is 0. The molecule has 0 aliphatic carbocycles. The molecule has 0 spiro atoms. The van der Waals surface area contributed by atoms with Crippen molar-refractivity contribution in [3.63, 3.8) is 0 Å². The molecular formula is C16H19FN2O. The van der Waals surface area contributed by atoms with Crippen LogP contribution in [0.25, 0.3) is 0 Å². The zero-order valence-corrected chi connectivity index (χ0v) is 11.6. The van der Waals surface area contributed by atoms with E-state index in [0.717, 1.165) is 23.3 Å². The fourth-order valence-electron chi connectivity index (χ4n) is 1.97.